The summed E-state index contributed by atoms with van der Waals surface area (Å²) in [6.45, 7) is 6.16. The summed E-state index contributed by atoms with van der Waals surface area (Å²) in [6.07, 6.45) is 1.07. The summed E-state index contributed by atoms with van der Waals surface area (Å²) in [6, 6.07) is 0.378. The van der Waals surface area contributed by atoms with Gasteiger partial charge >= 0.3 is 6.01 Å². The van der Waals surface area contributed by atoms with Gasteiger partial charge in [0.15, 0.2) is 0 Å². The summed E-state index contributed by atoms with van der Waals surface area (Å²) in [5.41, 5.74) is 0. The molecule has 17 heavy (non-hydrogen) atoms. The average molecular weight is 241 g/mol. The van der Waals surface area contributed by atoms with Crippen molar-refractivity contribution in [2.75, 3.05) is 25.0 Å². The molecule has 0 aliphatic carbocycles. The SMILES string of the molecule is CCCNCc1nnc(NCCNC(C)=O)o1. The molecular formula is C10H19N5O2. The lowest BCUT2D eigenvalue weighted by molar-refractivity contribution is -0.118. The van der Waals surface area contributed by atoms with E-state index >= 15 is 0 Å². The van der Waals surface area contributed by atoms with Crippen LogP contribution in [0.2, 0.25) is 0 Å². The van der Waals surface area contributed by atoms with E-state index in [0.717, 1.165) is 13.0 Å². The molecule has 0 spiro atoms. The first kappa shape index (κ1) is 13.4. The summed E-state index contributed by atoms with van der Waals surface area (Å²) in [5.74, 6) is 0.502. The van der Waals surface area contributed by atoms with Gasteiger partial charge in [0.25, 0.3) is 0 Å². The van der Waals surface area contributed by atoms with Crippen LogP contribution in [0, 0.1) is 0 Å². The van der Waals surface area contributed by atoms with E-state index in [9.17, 15) is 4.79 Å². The molecule has 3 N–H and O–H groups in total. The molecule has 1 amide bonds. The Balaban J connectivity index is 2.18. The Bertz CT molecular complexity index is 339. The summed E-state index contributed by atoms with van der Waals surface area (Å²) in [7, 11) is 0. The standard InChI is InChI=1S/C10H19N5O2/c1-3-4-11-7-9-14-15-10(17-9)13-6-5-12-8(2)16/h11H,3-7H2,1-2H3,(H,12,16)(H,13,15). The number of amides is 1. The van der Waals surface area contributed by atoms with E-state index in [2.05, 4.69) is 33.1 Å². The summed E-state index contributed by atoms with van der Waals surface area (Å²) in [5, 5.41) is 16.5. The fraction of sp³-hybridized carbons (Fsp3) is 0.700. The van der Waals surface area contributed by atoms with Crippen LogP contribution in [-0.4, -0.2) is 35.7 Å². The molecule has 0 saturated heterocycles. The highest BCUT2D eigenvalue weighted by Crippen LogP contribution is 2.03. The monoisotopic (exact) mass is 241 g/mol. The highest BCUT2D eigenvalue weighted by atomic mass is 16.4. The van der Waals surface area contributed by atoms with E-state index in [0.29, 0.717) is 31.5 Å². The Morgan fingerprint density at radius 3 is 2.82 bits per heavy atom. The number of carbonyl (C=O) groups excluding carboxylic acids is 1. The molecular weight excluding hydrogens is 222 g/mol. The molecule has 0 bridgehead atoms. The Morgan fingerprint density at radius 1 is 1.29 bits per heavy atom. The fourth-order valence-electron chi connectivity index (χ4n) is 1.18. The number of carbonyl (C=O) groups is 1. The molecule has 96 valence electrons. The Hall–Kier alpha value is -1.63. The zero-order valence-electron chi connectivity index (χ0n) is 10.2. The second kappa shape index (κ2) is 7.61. The lowest BCUT2D eigenvalue weighted by atomic mass is 10.5. The minimum absolute atomic E-state index is 0.0539. The average Bonchev–Trinajstić information content (AvgIpc) is 2.73. The molecule has 1 rings (SSSR count). The van der Waals surface area contributed by atoms with Crippen molar-refractivity contribution in [3.8, 4) is 0 Å². The third-order valence-electron chi connectivity index (χ3n) is 1.95. The van der Waals surface area contributed by atoms with Crippen molar-refractivity contribution >= 4 is 11.9 Å². The summed E-state index contributed by atoms with van der Waals surface area (Å²) >= 11 is 0. The van der Waals surface area contributed by atoms with Crippen molar-refractivity contribution in [1.82, 2.24) is 20.8 Å². The summed E-state index contributed by atoms with van der Waals surface area (Å²) in [4.78, 5) is 10.6. The van der Waals surface area contributed by atoms with Gasteiger partial charge in [-0.15, -0.1) is 5.10 Å². The number of hydrogen-bond acceptors (Lipinski definition) is 6. The molecule has 1 aromatic rings. The van der Waals surface area contributed by atoms with Crippen molar-refractivity contribution in [2.45, 2.75) is 26.8 Å². The minimum Gasteiger partial charge on any atom is -0.407 e. The molecule has 0 aromatic carbocycles. The maximum Gasteiger partial charge on any atom is 0.315 e. The van der Waals surface area contributed by atoms with E-state index < -0.39 is 0 Å². The van der Waals surface area contributed by atoms with Gasteiger partial charge in [-0.1, -0.05) is 12.0 Å². The van der Waals surface area contributed by atoms with Gasteiger partial charge in [0, 0.05) is 20.0 Å². The maximum atomic E-state index is 10.6. The highest BCUT2D eigenvalue weighted by Gasteiger charge is 2.04. The first-order chi connectivity index (χ1) is 8.22. The van der Waals surface area contributed by atoms with Crippen LogP contribution in [0.1, 0.15) is 26.2 Å². The van der Waals surface area contributed by atoms with Gasteiger partial charge in [-0.3, -0.25) is 4.79 Å². The number of aromatic nitrogens is 2. The van der Waals surface area contributed by atoms with E-state index in [-0.39, 0.29) is 5.91 Å². The lowest BCUT2D eigenvalue weighted by Gasteiger charge is -2.01. The molecule has 0 aliphatic rings. The third kappa shape index (κ3) is 5.86. The van der Waals surface area contributed by atoms with Gasteiger partial charge in [0.05, 0.1) is 6.54 Å². The second-order valence-corrected chi connectivity index (χ2v) is 3.59. The zero-order chi connectivity index (χ0) is 12.5. The van der Waals surface area contributed by atoms with Crippen molar-refractivity contribution < 1.29 is 9.21 Å². The van der Waals surface area contributed by atoms with E-state index in [1.807, 2.05) is 0 Å². The van der Waals surface area contributed by atoms with Crippen LogP contribution in [0.5, 0.6) is 0 Å². The normalized spacial score (nSPS) is 10.2. The first-order valence-corrected chi connectivity index (χ1v) is 5.73. The lowest BCUT2D eigenvalue weighted by Crippen LogP contribution is -2.26. The van der Waals surface area contributed by atoms with Crippen molar-refractivity contribution in [3.63, 3.8) is 0 Å². The fourth-order valence-corrected chi connectivity index (χ4v) is 1.18. The van der Waals surface area contributed by atoms with E-state index in [1.165, 1.54) is 6.92 Å². The molecule has 0 unspecified atom stereocenters. The van der Waals surface area contributed by atoms with Gasteiger partial charge in [-0.05, 0) is 13.0 Å². The quantitative estimate of drug-likeness (QED) is 0.560. The predicted octanol–water partition coefficient (Wildman–Crippen LogP) is 0.117. The van der Waals surface area contributed by atoms with Crippen LogP contribution in [0.25, 0.3) is 0 Å². The largest absolute Gasteiger partial charge is 0.407 e. The van der Waals surface area contributed by atoms with Gasteiger partial charge in [0.2, 0.25) is 11.8 Å². The molecule has 1 aromatic heterocycles. The van der Waals surface area contributed by atoms with Crippen LogP contribution < -0.4 is 16.0 Å². The van der Waals surface area contributed by atoms with E-state index in [4.69, 9.17) is 4.42 Å². The number of hydrogen-bond donors (Lipinski definition) is 3. The molecule has 0 atom stereocenters. The zero-order valence-corrected chi connectivity index (χ0v) is 10.2. The molecule has 0 saturated carbocycles. The number of rotatable bonds is 8. The van der Waals surface area contributed by atoms with Crippen LogP contribution in [0.4, 0.5) is 6.01 Å². The van der Waals surface area contributed by atoms with Crippen LogP contribution >= 0.6 is 0 Å². The predicted molar refractivity (Wildman–Crippen MR) is 63.5 cm³/mol. The first-order valence-electron chi connectivity index (χ1n) is 5.73. The minimum atomic E-state index is -0.0539. The van der Waals surface area contributed by atoms with Crippen LogP contribution in [-0.2, 0) is 11.3 Å². The van der Waals surface area contributed by atoms with Gasteiger partial charge < -0.3 is 20.4 Å². The highest BCUT2D eigenvalue weighted by molar-refractivity contribution is 5.72. The van der Waals surface area contributed by atoms with E-state index in [1.54, 1.807) is 0 Å². The number of nitrogens with one attached hydrogen (secondary N) is 3. The Morgan fingerprint density at radius 2 is 2.12 bits per heavy atom. The Labute approximate surface area is 100 Å². The van der Waals surface area contributed by atoms with Gasteiger partial charge in [0.1, 0.15) is 0 Å². The van der Waals surface area contributed by atoms with Crippen LogP contribution in [0.15, 0.2) is 4.42 Å². The molecule has 7 nitrogen and oxygen atoms in total. The number of anilines is 1. The second-order valence-electron chi connectivity index (χ2n) is 3.59. The molecule has 1 heterocycles. The third-order valence-corrected chi connectivity index (χ3v) is 1.95. The van der Waals surface area contributed by atoms with Crippen molar-refractivity contribution in [2.24, 2.45) is 0 Å². The molecule has 0 aliphatic heterocycles. The van der Waals surface area contributed by atoms with Crippen molar-refractivity contribution in [3.05, 3.63) is 5.89 Å². The molecule has 7 heteroatoms. The summed E-state index contributed by atoms with van der Waals surface area (Å²) < 4.78 is 5.33. The van der Waals surface area contributed by atoms with Gasteiger partial charge in [-0.2, -0.15) is 0 Å². The maximum absolute atomic E-state index is 10.6. The molecule has 0 fully saturated rings. The Kier molecular flexibility index (Phi) is 6.02. The number of nitrogens with zero attached hydrogens (tertiary/aromatic N) is 2. The van der Waals surface area contributed by atoms with Crippen molar-refractivity contribution in [1.29, 1.82) is 0 Å². The smallest absolute Gasteiger partial charge is 0.315 e. The topological polar surface area (TPSA) is 92.1 Å². The van der Waals surface area contributed by atoms with Crippen LogP contribution in [0.3, 0.4) is 0 Å². The van der Waals surface area contributed by atoms with Gasteiger partial charge in [-0.25, -0.2) is 0 Å². The molecule has 0 radical (unpaired) electrons.